The molecule has 0 aromatic rings. The van der Waals surface area contributed by atoms with Gasteiger partial charge in [-0.25, -0.2) is 0 Å². The topological polar surface area (TPSA) is 0 Å². The Bertz CT molecular complexity index is 405. The van der Waals surface area contributed by atoms with E-state index in [1.807, 2.05) is 12.2 Å². The summed E-state index contributed by atoms with van der Waals surface area (Å²) in [4.78, 5) is 0. The van der Waals surface area contributed by atoms with Crippen molar-refractivity contribution in [3.8, 4) is 0 Å². The highest BCUT2D eigenvalue weighted by molar-refractivity contribution is 7.44. The Labute approximate surface area is 117 Å². The second-order valence-electron chi connectivity index (χ2n) is 5.75. The second kappa shape index (κ2) is 5.85. The molecule has 1 rings (SSSR count). The lowest BCUT2D eigenvalue weighted by molar-refractivity contribution is 0.495. The van der Waals surface area contributed by atoms with E-state index >= 15 is 0 Å². The molecule has 100 valence electrons. The largest absolute Gasteiger partial charge is 0.130 e. The normalized spacial score (nSPS) is 25.1. The van der Waals surface area contributed by atoms with E-state index < -0.39 is 0 Å². The smallest absolute Gasteiger partial charge is 0.0316 e. The maximum atomic E-state index is 3.91. The molecule has 0 N–H and O–H groups in total. The van der Waals surface area contributed by atoms with Gasteiger partial charge in [-0.1, -0.05) is 25.9 Å². The lowest BCUT2D eigenvalue weighted by Crippen LogP contribution is -2.31. The van der Waals surface area contributed by atoms with Crippen molar-refractivity contribution in [1.29, 1.82) is 0 Å². The van der Waals surface area contributed by atoms with Crippen LogP contribution in [0.15, 0.2) is 36.5 Å². The van der Waals surface area contributed by atoms with Gasteiger partial charge in [0.1, 0.15) is 0 Å². The van der Waals surface area contributed by atoms with E-state index in [0.29, 0.717) is 0 Å². The highest BCUT2D eigenvalue weighted by atomic mass is 31.1. The van der Waals surface area contributed by atoms with Crippen molar-refractivity contribution in [1.82, 2.24) is 0 Å². The molecule has 0 radical (unpaired) electrons. The molecule has 0 aliphatic carbocycles. The Morgan fingerprint density at radius 2 is 1.72 bits per heavy atom. The zero-order valence-electron chi connectivity index (χ0n) is 12.2. The number of allylic oxidation sites excluding steroid dienone is 4. The maximum Gasteiger partial charge on any atom is 0.0316 e. The first-order chi connectivity index (χ1) is 8.28. The molecule has 0 aromatic carbocycles. The van der Waals surface area contributed by atoms with E-state index in [0.717, 1.165) is 12.8 Å². The molecular weight excluding hydrogens is 254 g/mol. The van der Waals surface area contributed by atoms with Gasteiger partial charge in [-0.15, -0.1) is 22.4 Å². The predicted octanol–water partition coefficient (Wildman–Crippen LogP) is 5.39. The Balaban J connectivity index is 3.02. The Kier molecular flexibility index (Phi) is 5.16. The van der Waals surface area contributed by atoms with E-state index in [4.69, 9.17) is 0 Å². The summed E-state index contributed by atoms with van der Waals surface area (Å²) in [5, 5.41) is 2.01. The quantitative estimate of drug-likeness (QED) is 0.452. The van der Waals surface area contributed by atoms with Crippen molar-refractivity contribution in [2.75, 3.05) is 0 Å². The molecule has 1 aliphatic rings. The molecular formula is C16H26P2. The van der Waals surface area contributed by atoms with Crippen LogP contribution in [0.25, 0.3) is 0 Å². The Morgan fingerprint density at radius 1 is 1.22 bits per heavy atom. The molecule has 0 nitrogen and oxygen atoms in total. The van der Waals surface area contributed by atoms with Gasteiger partial charge in [-0.3, -0.25) is 0 Å². The van der Waals surface area contributed by atoms with Gasteiger partial charge < -0.3 is 0 Å². The van der Waals surface area contributed by atoms with Crippen LogP contribution in [-0.4, -0.2) is 15.6 Å². The molecule has 0 spiro atoms. The lowest BCUT2D eigenvalue weighted by atomic mass is 9.83. The van der Waals surface area contributed by atoms with Gasteiger partial charge in [0.15, 0.2) is 0 Å². The van der Waals surface area contributed by atoms with Crippen LogP contribution in [-0.2, 0) is 0 Å². The van der Waals surface area contributed by atoms with Gasteiger partial charge in [0.05, 0.1) is 0 Å². The van der Waals surface area contributed by atoms with E-state index in [1.54, 1.807) is 5.57 Å². The molecule has 18 heavy (non-hydrogen) atoms. The number of hydrogen-bond acceptors (Lipinski definition) is 0. The van der Waals surface area contributed by atoms with Crippen molar-refractivity contribution >= 4 is 22.7 Å². The summed E-state index contributed by atoms with van der Waals surface area (Å²) in [6.45, 7) is 17.0. The standard InChI is InChI=1S/C16H26P2/c1-7-9-16(17,10-8-2)11-15(6)13(4)12(3)14(5)18-15/h7-8H,1-2,9-11,17H2,3-6H3. The minimum absolute atomic E-state index is 0.206. The Morgan fingerprint density at radius 3 is 2.06 bits per heavy atom. The number of hydrogen-bond donors (Lipinski definition) is 0. The third kappa shape index (κ3) is 3.23. The van der Waals surface area contributed by atoms with E-state index in [9.17, 15) is 0 Å². The van der Waals surface area contributed by atoms with Gasteiger partial charge in [-0.2, -0.15) is 0 Å². The molecule has 0 saturated heterocycles. The first-order valence-electron chi connectivity index (χ1n) is 6.53. The summed E-state index contributed by atoms with van der Waals surface area (Å²) in [6, 6.07) is 0. The van der Waals surface area contributed by atoms with E-state index in [1.165, 1.54) is 25.5 Å². The first-order valence-corrected chi connectivity index (χ1v) is 8.00. The molecule has 0 fully saturated rings. The molecule has 1 heterocycles. The van der Waals surface area contributed by atoms with Crippen molar-refractivity contribution in [2.45, 2.75) is 57.3 Å². The fraction of sp³-hybridized carbons (Fsp3) is 0.562. The van der Waals surface area contributed by atoms with Crippen molar-refractivity contribution in [3.05, 3.63) is 36.5 Å². The SMILES string of the molecule is C=CCC(P)(CC=C)CC1(C)P=C(C)C(C)=C1C. The zero-order valence-corrected chi connectivity index (χ0v) is 14.3. The first kappa shape index (κ1) is 15.9. The van der Waals surface area contributed by atoms with Crippen molar-refractivity contribution in [2.24, 2.45) is 0 Å². The van der Waals surface area contributed by atoms with Gasteiger partial charge in [0.25, 0.3) is 0 Å². The van der Waals surface area contributed by atoms with Gasteiger partial charge in [0, 0.05) is 5.16 Å². The third-order valence-electron chi connectivity index (χ3n) is 4.13. The minimum Gasteiger partial charge on any atom is -0.130 e. The average molecular weight is 280 g/mol. The van der Waals surface area contributed by atoms with Crippen molar-refractivity contribution < 1.29 is 0 Å². The van der Waals surface area contributed by atoms with Crippen LogP contribution in [0, 0.1) is 0 Å². The average Bonchev–Trinajstić information content (AvgIpc) is 2.43. The molecule has 0 saturated carbocycles. The van der Waals surface area contributed by atoms with E-state index in [-0.39, 0.29) is 10.3 Å². The molecule has 0 bridgehead atoms. The molecule has 2 unspecified atom stereocenters. The summed E-state index contributed by atoms with van der Waals surface area (Å²) in [5.74, 6) is 0. The molecule has 0 amide bonds. The fourth-order valence-electron chi connectivity index (χ4n) is 2.87. The summed E-state index contributed by atoms with van der Waals surface area (Å²) < 4.78 is 0. The highest BCUT2D eigenvalue weighted by Gasteiger charge is 2.38. The van der Waals surface area contributed by atoms with Crippen LogP contribution in [0.5, 0.6) is 0 Å². The minimum atomic E-state index is 0.206. The lowest BCUT2D eigenvalue weighted by Gasteiger charge is -2.36. The van der Waals surface area contributed by atoms with Crippen LogP contribution in [0.4, 0.5) is 0 Å². The van der Waals surface area contributed by atoms with Crippen LogP contribution in [0.2, 0.25) is 0 Å². The van der Waals surface area contributed by atoms with Crippen LogP contribution in [0.1, 0.15) is 47.0 Å². The molecule has 1 aliphatic heterocycles. The van der Waals surface area contributed by atoms with E-state index in [2.05, 4.69) is 50.1 Å². The van der Waals surface area contributed by atoms with Crippen molar-refractivity contribution in [3.63, 3.8) is 0 Å². The monoisotopic (exact) mass is 280 g/mol. The molecule has 0 aromatic heterocycles. The third-order valence-corrected chi connectivity index (χ3v) is 6.46. The summed E-state index contributed by atoms with van der Waals surface area (Å²) in [5.41, 5.74) is 3.06. The van der Waals surface area contributed by atoms with Crippen LogP contribution in [0.3, 0.4) is 0 Å². The van der Waals surface area contributed by atoms with Crippen LogP contribution < -0.4 is 0 Å². The summed E-state index contributed by atoms with van der Waals surface area (Å²) in [6.07, 6.45) is 7.30. The summed E-state index contributed by atoms with van der Waals surface area (Å²) >= 11 is 0. The maximum absolute atomic E-state index is 3.91. The molecule has 2 heteroatoms. The van der Waals surface area contributed by atoms with Gasteiger partial charge in [-0.05, 0) is 63.0 Å². The summed E-state index contributed by atoms with van der Waals surface area (Å²) in [7, 11) is 4.54. The van der Waals surface area contributed by atoms with Gasteiger partial charge in [0.2, 0.25) is 0 Å². The highest BCUT2D eigenvalue weighted by Crippen LogP contribution is 2.50. The fourth-order valence-corrected chi connectivity index (χ4v) is 5.59. The predicted molar refractivity (Wildman–Crippen MR) is 91.1 cm³/mol. The second-order valence-corrected chi connectivity index (χ2v) is 8.85. The number of rotatable bonds is 6. The molecule has 2 atom stereocenters. The Hall–Kier alpha value is -0.180. The van der Waals surface area contributed by atoms with Crippen LogP contribution >= 0.6 is 17.4 Å². The van der Waals surface area contributed by atoms with Gasteiger partial charge >= 0.3 is 0 Å². The zero-order chi connectivity index (χ0) is 14.0.